The number of fused-ring (bicyclic) bond motifs is 6. The van der Waals surface area contributed by atoms with E-state index in [1.807, 2.05) is 0 Å². The van der Waals surface area contributed by atoms with Crippen molar-refractivity contribution < 1.29 is 0 Å². The first-order valence-electron chi connectivity index (χ1n) is 21.3. The topological polar surface area (TPSA) is 3.24 Å². The molecule has 0 N–H and O–H groups in total. The van der Waals surface area contributed by atoms with E-state index < -0.39 is 0 Å². The van der Waals surface area contributed by atoms with E-state index in [0.717, 1.165) is 5.92 Å². The smallest absolute Gasteiger partial charge is 0.0465 e. The molecule has 0 amide bonds. The Balaban J connectivity index is 1.04. The minimum absolute atomic E-state index is 0.0706. The van der Waals surface area contributed by atoms with Crippen molar-refractivity contribution in [3.63, 3.8) is 0 Å². The zero-order chi connectivity index (χ0) is 37.3. The highest BCUT2D eigenvalue weighted by Crippen LogP contribution is 2.54. The molecule has 0 aliphatic heterocycles. The molecule has 0 spiro atoms. The van der Waals surface area contributed by atoms with Gasteiger partial charge in [0.2, 0.25) is 0 Å². The lowest BCUT2D eigenvalue weighted by Gasteiger charge is -2.30. The number of nitrogens with zero attached hydrogens (tertiary/aromatic N) is 1. The minimum Gasteiger partial charge on any atom is -0.310 e. The van der Waals surface area contributed by atoms with E-state index in [1.165, 1.54) is 142 Å². The zero-order valence-corrected chi connectivity index (χ0v) is 33.3. The molecule has 4 aliphatic carbocycles. The van der Waals surface area contributed by atoms with Crippen molar-refractivity contribution in [2.24, 2.45) is 0 Å². The van der Waals surface area contributed by atoms with Crippen LogP contribution in [-0.2, 0) is 10.8 Å². The van der Waals surface area contributed by atoms with Gasteiger partial charge in [-0.25, -0.2) is 0 Å². The summed E-state index contributed by atoms with van der Waals surface area (Å²) >= 11 is 0. The van der Waals surface area contributed by atoms with Gasteiger partial charge < -0.3 is 4.90 Å². The molecule has 2 saturated carbocycles. The van der Waals surface area contributed by atoms with Crippen LogP contribution in [0.3, 0.4) is 0 Å². The quantitative estimate of drug-likeness (QED) is 0.166. The van der Waals surface area contributed by atoms with Crippen molar-refractivity contribution in [3.05, 3.63) is 161 Å². The summed E-state index contributed by atoms with van der Waals surface area (Å²) in [6.45, 7) is 9.66. The van der Waals surface area contributed by atoms with E-state index in [9.17, 15) is 0 Å². The lowest BCUT2D eigenvalue weighted by molar-refractivity contribution is 0.443. The molecule has 276 valence electrons. The molecule has 0 atom stereocenters. The van der Waals surface area contributed by atoms with Gasteiger partial charge in [0, 0.05) is 27.9 Å². The molecular weight excluding hydrogens is 663 g/mol. The van der Waals surface area contributed by atoms with Gasteiger partial charge >= 0.3 is 0 Å². The number of hydrogen-bond acceptors (Lipinski definition) is 1. The predicted molar refractivity (Wildman–Crippen MR) is 233 cm³/mol. The van der Waals surface area contributed by atoms with E-state index in [-0.39, 0.29) is 10.8 Å². The summed E-state index contributed by atoms with van der Waals surface area (Å²) in [4.78, 5) is 2.50. The third-order valence-corrected chi connectivity index (χ3v) is 14.3. The number of anilines is 3. The first-order valence-corrected chi connectivity index (χ1v) is 21.3. The van der Waals surface area contributed by atoms with Gasteiger partial charge in [0.05, 0.1) is 0 Å². The summed E-state index contributed by atoms with van der Waals surface area (Å²) in [5.41, 5.74) is 20.3. The standard InChI is InChI=1S/C54H55N/c1-53(2)49-18-12-11-17-45(49)47-31-28-43(34-51(47)53)55(42-26-23-40(24-27-42)39-21-19-38(20-22-39)36-13-7-5-8-14-36)44-29-32-48-46-30-25-41(37-15-9-6-10-16-37)33-50(46)54(3,4)52(48)35-44/h11-12,17-37H,5-10,13-16H2,1-4H3. The normalized spacial score (nSPS) is 18.3. The summed E-state index contributed by atoms with van der Waals surface area (Å²) in [6, 6.07) is 49.7. The molecule has 2 fully saturated rings. The average molecular weight is 718 g/mol. The molecule has 4 aliphatic rings. The fourth-order valence-electron chi connectivity index (χ4n) is 11.0. The second kappa shape index (κ2) is 13.4. The number of rotatable bonds is 6. The van der Waals surface area contributed by atoms with Crippen molar-refractivity contribution in [3.8, 4) is 33.4 Å². The average Bonchev–Trinajstić information content (AvgIpc) is 3.60. The summed E-state index contributed by atoms with van der Waals surface area (Å²) in [5.74, 6) is 1.44. The monoisotopic (exact) mass is 717 g/mol. The van der Waals surface area contributed by atoms with Crippen LogP contribution in [0.2, 0.25) is 0 Å². The summed E-state index contributed by atoms with van der Waals surface area (Å²) in [7, 11) is 0. The largest absolute Gasteiger partial charge is 0.310 e. The molecule has 55 heavy (non-hydrogen) atoms. The van der Waals surface area contributed by atoms with Crippen molar-refractivity contribution >= 4 is 17.1 Å². The molecule has 0 unspecified atom stereocenters. The molecule has 1 heteroatoms. The van der Waals surface area contributed by atoms with E-state index in [2.05, 4.69) is 160 Å². The van der Waals surface area contributed by atoms with Crippen molar-refractivity contribution in [2.45, 2.75) is 115 Å². The van der Waals surface area contributed by atoms with Crippen LogP contribution in [0, 0.1) is 0 Å². The van der Waals surface area contributed by atoms with Gasteiger partial charge in [-0.15, -0.1) is 0 Å². The van der Waals surface area contributed by atoms with Crippen LogP contribution in [0.1, 0.15) is 137 Å². The van der Waals surface area contributed by atoms with E-state index >= 15 is 0 Å². The molecule has 0 saturated heterocycles. The lowest BCUT2D eigenvalue weighted by Crippen LogP contribution is -2.18. The maximum atomic E-state index is 2.57. The summed E-state index contributed by atoms with van der Waals surface area (Å²) < 4.78 is 0. The molecular formula is C54H55N. The fraction of sp³-hybridized carbons (Fsp3) is 0.333. The van der Waals surface area contributed by atoms with Crippen molar-refractivity contribution in [1.29, 1.82) is 0 Å². The Bertz CT molecular complexity index is 2380. The molecule has 6 aromatic carbocycles. The van der Waals surface area contributed by atoms with E-state index in [4.69, 9.17) is 0 Å². The summed E-state index contributed by atoms with van der Waals surface area (Å²) in [6.07, 6.45) is 13.6. The second-order valence-electron chi connectivity index (χ2n) is 18.2. The van der Waals surface area contributed by atoms with Crippen LogP contribution < -0.4 is 4.90 Å². The van der Waals surface area contributed by atoms with Crippen molar-refractivity contribution in [1.82, 2.24) is 0 Å². The van der Waals surface area contributed by atoms with E-state index in [1.54, 1.807) is 5.56 Å². The molecule has 0 radical (unpaired) electrons. The Morgan fingerprint density at radius 2 is 0.800 bits per heavy atom. The van der Waals surface area contributed by atoms with Crippen LogP contribution in [0.4, 0.5) is 17.1 Å². The molecule has 10 rings (SSSR count). The second-order valence-corrected chi connectivity index (χ2v) is 18.2. The Kier molecular flexibility index (Phi) is 8.43. The van der Waals surface area contributed by atoms with Crippen LogP contribution in [-0.4, -0.2) is 0 Å². The van der Waals surface area contributed by atoms with Gasteiger partial charge in [-0.05, 0) is 141 Å². The summed E-state index contributed by atoms with van der Waals surface area (Å²) in [5, 5.41) is 0. The number of hydrogen-bond donors (Lipinski definition) is 0. The SMILES string of the molecule is CC1(C)c2ccccc2-c2ccc(N(c3ccc(-c4ccc(C5CCCCC5)cc4)cc3)c3ccc4c(c3)C(C)(C)c3cc(C5CCCCC5)ccc3-4)cc21. The van der Waals surface area contributed by atoms with Gasteiger partial charge in [0.15, 0.2) is 0 Å². The number of benzene rings is 6. The van der Waals surface area contributed by atoms with Gasteiger partial charge in [-0.3, -0.25) is 0 Å². The maximum Gasteiger partial charge on any atom is 0.0465 e. The first-order chi connectivity index (χ1) is 26.8. The Labute approximate surface area is 329 Å². The van der Waals surface area contributed by atoms with Crippen molar-refractivity contribution in [2.75, 3.05) is 4.90 Å². The van der Waals surface area contributed by atoms with Crippen LogP contribution in [0.15, 0.2) is 127 Å². The molecule has 0 bridgehead atoms. The first kappa shape index (κ1) is 34.6. The lowest BCUT2D eigenvalue weighted by atomic mass is 9.79. The van der Waals surface area contributed by atoms with Crippen LogP contribution in [0.25, 0.3) is 33.4 Å². The Morgan fingerprint density at radius 3 is 1.38 bits per heavy atom. The molecule has 0 aromatic heterocycles. The molecule has 0 heterocycles. The third-order valence-electron chi connectivity index (χ3n) is 14.3. The van der Waals surface area contributed by atoms with E-state index in [0.29, 0.717) is 5.92 Å². The van der Waals surface area contributed by atoms with Gasteiger partial charge in [-0.2, -0.15) is 0 Å². The highest BCUT2D eigenvalue weighted by molar-refractivity contribution is 5.88. The Morgan fingerprint density at radius 1 is 0.382 bits per heavy atom. The van der Waals surface area contributed by atoms with Gasteiger partial charge in [-0.1, -0.05) is 157 Å². The fourth-order valence-corrected chi connectivity index (χ4v) is 11.0. The Hall–Kier alpha value is -4.88. The molecule has 6 aromatic rings. The zero-order valence-electron chi connectivity index (χ0n) is 33.3. The highest BCUT2D eigenvalue weighted by atomic mass is 15.1. The van der Waals surface area contributed by atoms with Crippen LogP contribution in [0.5, 0.6) is 0 Å². The minimum atomic E-state index is -0.0771. The predicted octanol–water partition coefficient (Wildman–Crippen LogP) is 15.5. The van der Waals surface area contributed by atoms with Gasteiger partial charge in [0.1, 0.15) is 0 Å². The maximum absolute atomic E-state index is 2.57. The molecule has 1 nitrogen and oxygen atoms in total. The highest BCUT2D eigenvalue weighted by Gasteiger charge is 2.38. The van der Waals surface area contributed by atoms with Crippen LogP contribution >= 0.6 is 0 Å². The van der Waals surface area contributed by atoms with Gasteiger partial charge in [0.25, 0.3) is 0 Å². The third kappa shape index (κ3) is 5.80.